The van der Waals surface area contributed by atoms with E-state index in [1.54, 1.807) is 45.2 Å². The zero-order valence-electron chi connectivity index (χ0n) is 18.9. The van der Waals surface area contributed by atoms with Crippen LogP contribution in [0.2, 0.25) is 0 Å². The first-order valence-electron chi connectivity index (χ1n) is 10.5. The highest BCUT2D eigenvalue weighted by atomic mass is 16.5. The van der Waals surface area contributed by atoms with Crippen molar-refractivity contribution in [3.8, 4) is 5.75 Å². The number of carbonyl (C=O) groups excluding carboxylic acids is 4. The molecule has 0 bridgehead atoms. The summed E-state index contributed by atoms with van der Waals surface area (Å²) < 4.78 is 20.7. The standard InChI is InChI=1S/C23H26N2O8/c1-5-31-22(28)18-13(3)33-21(19(18)23(29)32-6-2)24-20(27)14-11-17(26)25(12-14)15-7-9-16(30-4)10-8-15/h7-10,14H,5-6,11-12H2,1-4H3,(H,24,27). The maximum absolute atomic E-state index is 12.9. The second-order valence-electron chi connectivity index (χ2n) is 7.27. The van der Waals surface area contributed by atoms with Crippen LogP contribution in [-0.2, 0) is 19.1 Å². The Morgan fingerprint density at radius 3 is 2.24 bits per heavy atom. The minimum absolute atomic E-state index is 0.0168. The Balaban J connectivity index is 1.82. The molecule has 1 aliphatic heterocycles. The molecule has 1 atom stereocenters. The number of carbonyl (C=O) groups is 4. The van der Waals surface area contributed by atoms with Crippen LogP contribution in [0.3, 0.4) is 0 Å². The average Bonchev–Trinajstić information content (AvgIpc) is 3.33. The summed E-state index contributed by atoms with van der Waals surface area (Å²) in [7, 11) is 1.55. The van der Waals surface area contributed by atoms with Crippen molar-refractivity contribution in [1.29, 1.82) is 0 Å². The van der Waals surface area contributed by atoms with Crippen molar-refractivity contribution in [3.05, 3.63) is 41.2 Å². The Bertz CT molecular complexity index is 1060. The molecule has 10 nitrogen and oxygen atoms in total. The lowest BCUT2D eigenvalue weighted by Gasteiger charge is -2.17. The molecule has 0 saturated carbocycles. The molecule has 1 saturated heterocycles. The number of nitrogens with zero attached hydrogens (tertiary/aromatic N) is 1. The van der Waals surface area contributed by atoms with Gasteiger partial charge in [0.05, 0.1) is 26.2 Å². The van der Waals surface area contributed by atoms with Gasteiger partial charge in [0.1, 0.15) is 22.6 Å². The lowest BCUT2D eigenvalue weighted by Crippen LogP contribution is -2.28. The fraction of sp³-hybridized carbons (Fsp3) is 0.391. The molecule has 1 aromatic heterocycles. The number of furan rings is 1. The zero-order chi connectivity index (χ0) is 24.1. The van der Waals surface area contributed by atoms with E-state index in [-0.39, 0.29) is 54.9 Å². The molecule has 1 aromatic carbocycles. The van der Waals surface area contributed by atoms with Gasteiger partial charge in [0.15, 0.2) is 0 Å². The number of hydrogen-bond donors (Lipinski definition) is 1. The monoisotopic (exact) mass is 458 g/mol. The summed E-state index contributed by atoms with van der Waals surface area (Å²) in [5.41, 5.74) is 0.326. The van der Waals surface area contributed by atoms with Crippen LogP contribution in [0.5, 0.6) is 5.75 Å². The largest absolute Gasteiger partial charge is 0.497 e. The van der Waals surface area contributed by atoms with Gasteiger partial charge in [-0.25, -0.2) is 9.59 Å². The van der Waals surface area contributed by atoms with E-state index >= 15 is 0 Å². The van der Waals surface area contributed by atoms with Gasteiger partial charge in [0.2, 0.25) is 17.7 Å². The quantitative estimate of drug-likeness (QED) is 0.599. The summed E-state index contributed by atoms with van der Waals surface area (Å²) >= 11 is 0. The number of nitrogens with one attached hydrogen (secondary N) is 1. The number of aryl methyl sites for hydroxylation is 1. The Labute approximate surface area is 190 Å². The highest BCUT2D eigenvalue weighted by Crippen LogP contribution is 2.31. The molecule has 1 unspecified atom stereocenters. The fourth-order valence-corrected chi connectivity index (χ4v) is 3.59. The van der Waals surface area contributed by atoms with E-state index in [1.807, 2.05) is 0 Å². The number of benzene rings is 1. The summed E-state index contributed by atoms with van der Waals surface area (Å²) in [6.45, 7) is 5.04. The molecule has 176 valence electrons. The van der Waals surface area contributed by atoms with Crippen molar-refractivity contribution in [2.45, 2.75) is 27.2 Å². The molecule has 2 amide bonds. The van der Waals surface area contributed by atoms with Gasteiger partial charge >= 0.3 is 11.9 Å². The van der Waals surface area contributed by atoms with Gasteiger partial charge in [-0.1, -0.05) is 0 Å². The number of esters is 2. The van der Waals surface area contributed by atoms with E-state index in [9.17, 15) is 19.2 Å². The minimum Gasteiger partial charge on any atom is -0.497 e. The Hall–Kier alpha value is -3.82. The van der Waals surface area contributed by atoms with Crippen LogP contribution in [0.4, 0.5) is 11.6 Å². The molecule has 1 aliphatic rings. The van der Waals surface area contributed by atoms with Crippen LogP contribution in [0.15, 0.2) is 28.7 Å². The van der Waals surface area contributed by atoms with E-state index in [1.165, 1.54) is 11.8 Å². The first kappa shape index (κ1) is 23.8. The molecule has 0 aliphatic carbocycles. The van der Waals surface area contributed by atoms with Crippen LogP contribution < -0.4 is 15.0 Å². The van der Waals surface area contributed by atoms with Crippen molar-refractivity contribution < 1.29 is 37.8 Å². The minimum atomic E-state index is -0.824. The zero-order valence-corrected chi connectivity index (χ0v) is 18.9. The van der Waals surface area contributed by atoms with Crippen LogP contribution >= 0.6 is 0 Å². The number of hydrogen-bond acceptors (Lipinski definition) is 8. The second-order valence-corrected chi connectivity index (χ2v) is 7.27. The summed E-state index contributed by atoms with van der Waals surface area (Å²) in [6, 6.07) is 6.92. The van der Waals surface area contributed by atoms with Crippen LogP contribution in [-0.4, -0.2) is 50.6 Å². The first-order chi connectivity index (χ1) is 15.8. The summed E-state index contributed by atoms with van der Waals surface area (Å²) in [6.07, 6.45) is -0.0168. The van der Waals surface area contributed by atoms with Gasteiger partial charge in [0, 0.05) is 18.7 Å². The third-order valence-corrected chi connectivity index (χ3v) is 5.16. The molecule has 10 heteroatoms. The molecule has 2 aromatic rings. The van der Waals surface area contributed by atoms with Gasteiger partial charge in [0.25, 0.3) is 0 Å². The number of anilines is 2. The first-order valence-corrected chi connectivity index (χ1v) is 10.5. The van der Waals surface area contributed by atoms with E-state index < -0.39 is 23.8 Å². The second kappa shape index (κ2) is 10.2. The highest BCUT2D eigenvalue weighted by Gasteiger charge is 2.37. The topological polar surface area (TPSA) is 124 Å². The number of amides is 2. The predicted octanol–water partition coefficient (Wildman–Crippen LogP) is 2.94. The Kier molecular flexibility index (Phi) is 7.37. The fourth-order valence-electron chi connectivity index (χ4n) is 3.59. The summed E-state index contributed by atoms with van der Waals surface area (Å²) in [5, 5.41) is 2.55. The third-order valence-electron chi connectivity index (χ3n) is 5.16. The van der Waals surface area contributed by atoms with Crippen LogP contribution in [0, 0.1) is 12.8 Å². The van der Waals surface area contributed by atoms with Crippen molar-refractivity contribution in [2.75, 3.05) is 37.1 Å². The van der Waals surface area contributed by atoms with Gasteiger partial charge in [-0.15, -0.1) is 0 Å². The SMILES string of the molecule is CCOC(=O)c1c(C)oc(NC(=O)C2CC(=O)N(c3ccc(OC)cc3)C2)c1C(=O)OCC. The maximum atomic E-state index is 12.9. The molecule has 1 fully saturated rings. The number of rotatable bonds is 8. The van der Waals surface area contributed by atoms with E-state index in [4.69, 9.17) is 18.6 Å². The van der Waals surface area contributed by atoms with Crippen LogP contribution in [0.25, 0.3) is 0 Å². The average molecular weight is 458 g/mol. The third kappa shape index (κ3) is 5.00. The summed E-state index contributed by atoms with van der Waals surface area (Å²) in [5.74, 6) is -2.46. The van der Waals surface area contributed by atoms with E-state index in [0.717, 1.165) is 0 Å². The number of ether oxygens (including phenoxy) is 3. The van der Waals surface area contributed by atoms with Gasteiger partial charge < -0.3 is 23.5 Å². The summed E-state index contributed by atoms with van der Waals surface area (Å²) in [4.78, 5) is 51.9. The Morgan fingerprint density at radius 2 is 1.67 bits per heavy atom. The molecule has 0 spiro atoms. The normalized spacial score (nSPS) is 15.3. The van der Waals surface area contributed by atoms with E-state index in [2.05, 4.69) is 5.32 Å². The maximum Gasteiger partial charge on any atom is 0.344 e. The molecule has 3 rings (SSSR count). The molecule has 2 heterocycles. The lowest BCUT2D eigenvalue weighted by molar-refractivity contribution is -0.122. The smallest absolute Gasteiger partial charge is 0.344 e. The number of methoxy groups -OCH3 is 1. The van der Waals surface area contributed by atoms with Crippen molar-refractivity contribution in [1.82, 2.24) is 0 Å². The van der Waals surface area contributed by atoms with E-state index in [0.29, 0.717) is 11.4 Å². The molecular formula is C23H26N2O8. The van der Waals surface area contributed by atoms with Crippen molar-refractivity contribution >= 4 is 35.3 Å². The molecular weight excluding hydrogens is 432 g/mol. The highest BCUT2D eigenvalue weighted by molar-refractivity contribution is 6.10. The molecule has 1 N–H and O–H groups in total. The predicted molar refractivity (Wildman–Crippen MR) is 117 cm³/mol. The lowest BCUT2D eigenvalue weighted by atomic mass is 10.1. The van der Waals surface area contributed by atoms with Gasteiger partial charge in [-0.3, -0.25) is 14.9 Å². The Morgan fingerprint density at radius 1 is 1.06 bits per heavy atom. The van der Waals surface area contributed by atoms with Gasteiger partial charge in [-0.2, -0.15) is 0 Å². The van der Waals surface area contributed by atoms with Crippen LogP contribution in [0.1, 0.15) is 46.7 Å². The molecule has 33 heavy (non-hydrogen) atoms. The van der Waals surface area contributed by atoms with Gasteiger partial charge in [-0.05, 0) is 45.0 Å². The molecule has 0 radical (unpaired) electrons. The van der Waals surface area contributed by atoms with Crippen molar-refractivity contribution in [2.24, 2.45) is 5.92 Å². The van der Waals surface area contributed by atoms with Crippen molar-refractivity contribution in [3.63, 3.8) is 0 Å².